The van der Waals surface area contributed by atoms with Crippen LogP contribution in [0, 0.1) is 11.6 Å². The Balaban J connectivity index is 2.24. The Kier molecular flexibility index (Phi) is 4.79. The molecule has 21 heavy (non-hydrogen) atoms. The fourth-order valence-corrected chi connectivity index (χ4v) is 3.39. The molecule has 0 bridgehead atoms. The minimum atomic E-state index is -0.788. The maximum atomic E-state index is 13.8. The zero-order valence-corrected chi connectivity index (χ0v) is 13.7. The second-order valence-corrected chi connectivity index (χ2v) is 7.33. The highest BCUT2D eigenvalue weighted by Gasteiger charge is 2.20. The quantitative estimate of drug-likeness (QED) is 0.853. The number of halogens is 2. The Hall–Kier alpha value is -1.26. The minimum absolute atomic E-state index is 0.0117. The zero-order chi connectivity index (χ0) is 15.6. The Morgan fingerprint density at radius 3 is 2.43 bits per heavy atom. The predicted octanol–water partition coefficient (Wildman–Crippen LogP) is 4.83. The highest BCUT2D eigenvalue weighted by atomic mass is 32.1. The van der Waals surface area contributed by atoms with Gasteiger partial charge in [-0.25, -0.2) is 8.78 Å². The molecule has 2 rings (SSSR count). The summed E-state index contributed by atoms with van der Waals surface area (Å²) in [6.07, 6.45) is 0.435. The first kappa shape index (κ1) is 16.1. The van der Waals surface area contributed by atoms with Crippen molar-refractivity contribution in [3.05, 3.63) is 57.3 Å². The normalized spacial score (nSPS) is 13.4. The Labute approximate surface area is 129 Å². The molecular formula is C17H21F2NS. The molecule has 1 N–H and O–H groups in total. The van der Waals surface area contributed by atoms with Crippen LogP contribution in [0.3, 0.4) is 0 Å². The van der Waals surface area contributed by atoms with Crippen molar-refractivity contribution >= 4 is 11.3 Å². The van der Waals surface area contributed by atoms with Crippen molar-refractivity contribution in [3.63, 3.8) is 0 Å². The van der Waals surface area contributed by atoms with Gasteiger partial charge in [-0.1, -0.05) is 32.9 Å². The van der Waals surface area contributed by atoms with Crippen molar-refractivity contribution in [1.82, 2.24) is 5.32 Å². The van der Waals surface area contributed by atoms with Crippen LogP contribution in [0.1, 0.15) is 42.1 Å². The van der Waals surface area contributed by atoms with Crippen molar-refractivity contribution in [3.8, 4) is 0 Å². The maximum Gasteiger partial charge on any atom is 0.162 e. The first-order valence-electron chi connectivity index (χ1n) is 7.03. The van der Waals surface area contributed by atoms with Gasteiger partial charge in [0, 0.05) is 15.8 Å². The smallest absolute Gasteiger partial charge is 0.162 e. The van der Waals surface area contributed by atoms with E-state index in [0.29, 0.717) is 12.0 Å². The summed E-state index contributed by atoms with van der Waals surface area (Å²) >= 11 is 1.72. The Morgan fingerprint density at radius 2 is 1.86 bits per heavy atom. The number of rotatable bonds is 4. The molecule has 1 nitrogen and oxygen atoms in total. The molecule has 0 aliphatic heterocycles. The van der Waals surface area contributed by atoms with E-state index in [-0.39, 0.29) is 11.5 Å². The van der Waals surface area contributed by atoms with Crippen LogP contribution in [0.25, 0.3) is 0 Å². The van der Waals surface area contributed by atoms with Gasteiger partial charge in [0.25, 0.3) is 0 Å². The lowest BCUT2D eigenvalue weighted by Gasteiger charge is -2.17. The van der Waals surface area contributed by atoms with Gasteiger partial charge in [0.15, 0.2) is 11.6 Å². The summed E-state index contributed by atoms with van der Waals surface area (Å²) < 4.78 is 27.1. The number of nitrogens with one attached hydrogen (secondary N) is 1. The summed E-state index contributed by atoms with van der Waals surface area (Å²) in [4.78, 5) is 2.43. The largest absolute Gasteiger partial charge is 0.312 e. The SMILES string of the molecule is CNC(Cc1cccc(F)c1F)c1ccc(C(C)(C)C)s1. The third kappa shape index (κ3) is 3.69. The molecule has 0 amide bonds. The lowest BCUT2D eigenvalue weighted by molar-refractivity contribution is 0.488. The van der Waals surface area contributed by atoms with E-state index >= 15 is 0 Å². The zero-order valence-electron chi connectivity index (χ0n) is 12.8. The van der Waals surface area contributed by atoms with Gasteiger partial charge in [0.2, 0.25) is 0 Å². The Bertz CT molecular complexity index is 613. The van der Waals surface area contributed by atoms with Crippen LogP contribution in [-0.4, -0.2) is 7.05 Å². The fourth-order valence-electron chi connectivity index (χ4n) is 2.21. The summed E-state index contributed by atoms with van der Waals surface area (Å²) in [5, 5.41) is 3.20. The molecule has 0 spiro atoms. The van der Waals surface area contributed by atoms with E-state index in [4.69, 9.17) is 0 Å². The van der Waals surface area contributed by atoms with Crippen LogP contribution in [0.4, 0.5) is 8.78 Å². The van der Waals surface area contributed by atoms with E-state index in [9.17, 15) is 8.78 Å². The van der Waals surface area contributed by atoms with Gasteiger partial charge in [-0.2, -0.15) is 0 Å². The van der Waals surface area contributed by atoms with E-state index in [0.717, 1.165) is 10.9 Å². The van der Waals surface area contributed by atoms with Crippen molar-refractivity contribution in [2.45, 2.75) is 38.6 Å². The second-order valence-electron chi connectivity index (χ2n) is 6.21. The Morgan fingerprint density at radius 1 is 1.14 bits per heavy atom. The number of benzene rings is 1. The standard InChI is InChI=1S/C17H21F2NS/c1-17(2,3)15-9-8-14(21-15)13(20-4)10-11-6-5-7-12(18)16(11)19/h5-9,13,20H,10H2,1-4H3. The fraction of sp³-hybridized carbons (Fsp3) is 0.412. The number of thiophene rings is 1. The molecular weight excluding hydrogens is 288 g/mol. The third-order valence-corrected chi connectivity index (χ3v) is 5.14. The number of hydrogen-bond donors (Lipinski definition) is 1. The van der Waals surface area contributed by atoms with Gasteiger partial charge in [-0.05, 0) is 42.6 Å². The van der Waals surface area contributed by atoms with E-state index < -0.39 is 11.6 Å². The summed E-state index contributed by atoms with van der Waals surface area (Å²) in [6.45, 7) is 6.51. The van der Waals surface area contributed by atoms with Crippen molar-refractivity contribution < 1.29 is 8.78 Å². The molecule has 114 valence electrons. The van der Waals surface area contributed by atoms with Crippen LogP contribution in [0.5, 0.6) is 0 Å². The van der Waals surface area contributed by atoms with Gasteiger partial charge in [0.1, 0.15) is 0 Å². The molecule has 1 atom stereocenters. The number of hydrogen-bond acceptors (Lipinski definition) is 2. The van der Waals surface area contributed by atoms with Crippen molar-refractivity contribution in [2.75, 3.05) is 7.05 Å². The van der Waals surface area contributed by atoms with E-state index in [1.54, 1.807) is 23.5 Å². The molecule has 0 saturated heterocycles. The van der Waals surface area contributed by atoms with Crippen LogP contribution in [-0.2, 0) is 11.8 Å². The van der Waals surface area contributed by atoms with Gasteiger partial charge in [-0.3, -0.25) is 0 Å². The molecule has 1 aromatic carbocycles. The maximum absolute atomic E-state index is 13.8. The first-order valence-corrected chi connectivity index (χ1v) is 7.85. The highest BCUT2D eigenvalue weighted by molar-refractivity contribution is 7.12. The van der Waals surface area contributed by atoms with Crippen molar-refractivity contribution in [2.24, 2.45) is 0 Å². The van der Waals surface area contributed by atoms with Gasteiger partial charge >= 0.3 is 0 Å². The average molecular weight is 309 g/mol. The van der Waals surface area contributed by atoms with Gasteiger partial charge in [0.05, 0.1) is 0 Å². The van der Waals surface area contributed by atoms with Crippen LogP contribution in [0.2, 0.25) is 0 Å². The predicted molar refractivity (Wildman–Crippen MR) is 84.9 cm³/mol. The molecule has 1 unspecified atom stereocenters. The highest BCUT2D eigenvalue weighted by Crippen LogP contribution is 2.33. The number of likely N-dealkylation sites (N-methyl/N-ethyl adjacent to an activating group) is 1. The minimum Gasteiger partial charge on any atom is -0.312 e. The molecule has 0 saturated carbocycles. The lowest BCUT2D eigenvalue weighted by atomic mass is 9.95. The lowest BCUT2D eigenvalue weighted by Crippen LogP contribution is -2.18. The van der Waals surface area contributed by atoms with Crippen molar-refractivity contribution in [1.29, 1.82) is 0 Å². The summed E-state index contributed by atoms with van der Waals surface area (Å²) in [6, 6.07) is 8.52. The molecule has 0 aliphatic carbocycles. The first-order chi connectivity index (χ1) is 9.82. The van der Waals surface area contributed by atoms with E-state index in [1.807, 2.05) is 7.05 Å². The van der Waals surface area contributed by atoms with E-state index in [2.05, 4.69) is 38.2 Å². The molecule has 4 heteroatoms. The van der Waals surface area contributed by atoms with Crippen LogP contribution < -0.4 is 5.32 Å². The monoisotopic (exact) mass is 309 g/mol. The third-order valence-electron chi connectivity index (χ3n) is 3.51. The van der Waals surface area contributed by atoms with Crippen LogP contribution in [0.15, 0.2) is 30.3 Å². The molecule has 0 aliphatic rings. The topological polar surface area (TPSA) is 12.0 Å². The summed E-state index contributed by atoms with van der Waals surface area (Å²) in [5.74, 6) is -1.53. The summed E-state index contributed by atoms with van der Waals surface area (Å²) in [5.41, 5.74) is 0.505. The van der Waals surface area contributed by atoms with Crippen LogP contribution >= 0.6 is 11.3 Å². The molecule has 0 radical (unpaired) electrons. The molecule has 0 fully saturated rings. The molecule has 2 aromatic rings. The van der Waals surface area contributed by atoms with Gasteiger partial charge in [-0.15, -0.1) is 11.3 Å². The molecule has 1 heterocycles. The molecule has 1 aromatic heterocycles. The van der Waals surface area contributed by atoms with E-state index in [1.165, 1.54) is 4.88 Å². The average Bonchev–Trinajstić information content (AvgIpc) is 2.90. The van der Waals surface area contributed by atoms with Gasteiger partial charge < -0.3 is 5.32 Å². The second kappa shape index (κ2) is 6.24. The summed E-state index contributed by atoms with van der Waals surface area (Å²) in [7, 11) is 1.85.